The van der Waals surface area contributed by atoms with Gasteiger partial charge >= 0.3 is 0 Å². The Morgan fingerprint density at radius 1 is 1.12 bits per heavy atom. The molecule has 0 amide bonds. The Morgan fingerprint density at radius 3 is 2.48 bits per heavy atom. The average Bonchev–Trinajstić information content (AvgIpc) is 3.11. The van der Waals surface area contributed by atoms with Gasteiger partial charge in [-0.25, -0.2) is 13.1 Å². The number of hydrogen-bond acceptors (Lipinski definition) is 5. The summed E-state index contributed by atoms with van der Waals surface area (Å²) in [7, 11) is -1.39. The standard InChI is InChI=1S/C18H25N3O2S2/c1-15-6-3-4-8-18(15)25(22,23)19-14-16(17-7-5-13-24-17)21-11-9-20(2)10-12-21/h3-8,13,16,19H,9-12,14H2,1-2H3. The maximum Gasteiger partial charge on any atom is 0.240 e. The molecule has 1 saturated heterocycles. The molecule has 1 aliphatic rings. The molecule has 1 aromatic heterocycles. The van der Waals surface area contributed by atoms with E-state index < -0.39 is 10.0 Å². The Morgan fingerprint density at radius 2 is 1.84 bits per heavy atom. The van der Waals surface area contributed by atoms with E-state index in [4.69, 9.17) is 0 Å². The number of aryl methyl sites for hydroxylation is 1. The van der Waals surface area contributed by atoms with Crippen molar-refractivity contribution in [3.8, 4) is 0 Å². The largest absolute Gasteiger partial charge is 0.304 e. The molecular weight excluding hydrogens is 354 g/mol. The van der Waals surface area contributed by atoms with Gasteiger partial charge < -0.3 is 4.90 Å². The number of likely N-dealkylation sites (N-methyl/N-ethyl adjacent to an activating group) is 1. The molecule has 1 fully saturated rings. The smallest absolute Gasteiger partial charge is 0.240 e. The van der Waals surface area contributed by atoms with E-state index in [1.807, 2.05) is 30.5 Å². The first-order chi connectivity index (χ1) is 12.0. The second-order valence-corrected chi connectivity index (χ2v) is 9.20. The highest BCUT2D eigenvalue weighted by Gasteiger charge is 2.27. The molecule has 0 spiro atoms. The van der Waals surface area contributed by atoms with Crippen LogP contribution >= 0.6 is 11.3 Å². The number of nitrogens with one attached hydrogen (secondary N) is 1. The van der Waals surface area contributed by atoms with Gasteiger partial charge in [0, 0.05) is 37.6 Å². The van der Waals surface area contributed by atoms with E-state index in [-0.39, 0.29) is 6.04 Å². The van der Waals surface area contributed by atoms with E-state index in [1.165, 1.54) is 4.88 Å². The van der Waals surface area contributed by atoms with Crippen molar-refractivity contribution in [2.24, 2.45) is 0 Å². The summed E-state index contributed by atoms with van der Waals surface area (Å²) in [6.45, 7) is 6.13. The van der Waals surface area contributed by atoms with Crippen molar-refractivity contribution in [2.75, 3.05) is 39.8 Å². The summed E-state index contributed by atoms with van der Waals surface area (Å²) in [5.74, 6) is 0. The van der Waals surface area contributed by atoms with Crippen LogP contribution in [0.3, 0.4) is 0 Å². The molecule has 1 aromatic carbocycles. The predicted octanol–water partition coefficient (Wildman–Crippen LogP) is 2.32. The van der Waals surface area contributed by atoms with Gasteiger partial charge in [-0.15, -0.1) is 11.3 Å². The number of benzene rings is 1. The maximum absolute atomic E-state index is 12.7. The molecule has 1 aliphatic heterocycles. The molecule has 2 heterocycles. The highest BCUT2D eigenvalue weighted by Crippen LogP contribution is 2.26. The summed E-state index contributed by atoms with van der Waals surface area (Å²) in [5, 5.41) is 2.05. The van der Waals surface area contributed by atoms with E-state index >= 15 is 0 Å². The molecule has 0 radical (unpaired) electrons. The van der Waals surface area contributed by atoms with Gasteiger partial charge in [0.1, 0.15) is 0 Å². The quantitative estimate of drug-likeness (QED) is 0.837. The van der Waals surface area contributed by atoms with E-state index in [9.17, 15) is 8.42 Å². The number of rotatable bonds is 6. The molecule has 25 heavy (non-hydrogen) atoms. The number of hydrogen-bond donors (Lipinski definition) is 1. The third kappa shape index (κ3) is 4.48. The lowest BCUT2D eigenvalue weighted by molar-refractivity contribution is 0.114. The summed E-state index contributed by atoms with van der Waals surface area (Å²) in [6.07, 6.45) is 0. The summed E-state index contributed by atoms with van der Waals surface area (Å²) >= 11 is 1.68. The van der Waals surface area contributed by atoms with Crippen LogP contribution in [-0.2, 0) is 10.0 Å². The van der Waals surface area contributed by atoms with E-state index in [0.717, 1.165) is 31.7 Å². The lowest BCUT2D eigenvalue weighted by Crippen LogP contribution is -2.48. The minimum atomic E-state index is -3.51. The van der Waals surface area contributed by atoms with Crippen molar-refractivity contribution in [2.45, 2.75) is 17.9 Å². The van der Waals surface area contributed by atoms with Gasteiger partial charge in [0.2, 0.25) is 10.0 Å². The highest BCUT2D eigenvalue weighted by molar-refractivity contribution is 7.89. The van der Waals surface area contributed by atoms with Crippen molar-refractivity contribution >= 4 is 21.4 Å². The fourth-order valence-corrected chi connectivity index (χ4v) is 5.29. The second kappa shape index (κ2) is 7.97. The number of sulfonamides is 1. The topological polar surface area (TPSA) is 52.7 Å². The van der Waals surface area contributed by atoms with Crippen LogP contribution in [0.1, 0.15) is 16.5 Å². The van der Waals surface area contributed by atoms with Gasteiger partial charge in [0.25, 0.3) is 0 Å². The first kappa shape index (κ1) is 18.5. The molecule has 2 aromatic rings. The molecular formula is C18H25N3O2S2. The fraction of sp³-hybridized carbons (Fsp3) is 0.444. The Bertz CT molecular complexity index is 782. The minimum Gasteiger partial charge on any atom is -0.304 e. The van der Waals surface area contributed by atoms with Crippen LogP contribution in [0.15, 0.2) is 46.7 Å². The SMILES string of the molecule is Cc1ccccc1S(=O)(=O)NCC(c1cccs1)N1CCN(C)CC1. The van der Waals surface area contributed by atoms with Crippen LogP contribution in [0, 0.1) is 6.92 Å². The third-order valence-electron chi connectivity index (χ3n) is 4.70. The highest BCUT2D eigenvalue weighted by atomic mass is 32.2. The van der Waals surface area contributed by atoms with Crippen molar-refractivity contribution in [1.82, 2.24) is 14.5 Å². The maximum atomic E-state index is 12.7. The Kier molecular flexibility index (Phi) is 5.91. The summed E-state index contributed by atoms with van der Waals surface area (Å²) in [4.78, 5) is 6.25. The molecule has 5 nitrogen and oxygen atoms in total. The number of thiophene rings is 1. The van der Waals surface area contributed by atoms with E-state index in [1.54, 1.807) is 23.5 Å². The molecule has 7 heteroatoms. The van der Waals surface area contributed by atoms with Crippen LogP contribution < -0.4 is 4.72 Å². The zero-order valence-electron chi connectivity index (χ0n) is 14.7. The molecule has 0 aliphatic carbocycles. The van der Waals surface area contributed by atoms with Gasteiger partial charge in [0.15, 0.2) is 0 Å². The van der Waals surface area contributed by atoms with Crippen molar-refractivity contribution < 1.29 is 8.42 Å². The van der Waals surface area contributed by atoms with Crippen molar-refractivity contribution in [3.63, 3.8) is 0 Å². The summed E-state index contributed by atoms with van der Waals surface area (Å²) < 4.78 is 28.3. The second-order valence-electron chi connectivity index (χ2n) is 6.49. The van der Waals surface area contributed by atoms with Crippen molar-refractivity contribution in [1.29, 1.82) is 0 Å². The molecule has 0 saturated carbocycles. The average molecular weight is 380 g/mol. The van der Waals surface area contributed by atoms with Crippen LogP contribution in [-0.4, -0.2) is 58.0 Å². The van der Waals surface area contributed by atoms with Crippen LogP contribution in [0.2, 0.25) is 0 Å². The fourth-order valence-electron chi connectivity index (χ4n) is 3.15. The van der Waals surface area contributed by atoms with Gasteiger partial charge in [-0.2, -0.15) is 0 Å². The monoisotopic (exact) mass is 379 g/mol. The van der Waals surface area contributed by atoms with Gasteiger partial charge in [0.05, 0.1) is 10.9 Å². The van der Waals surface area contributed by atoms with Crippen LogP contribution in [0.25, 0.3) is 0 Å². The number of nitrogens with zero attached hydrogens (tertiary/aromatic N) is 2. The third-order valence-corrected chi connectivity index (χ3v) is 7.26. The first-order valence-electron chi connectivity index (χ1n) is 8.48. The Balaban J connectivity index is 1.76. The lowest BCUT2D eigenvalue weighted by Gasteiger charge is -2.37. The van der Waals surface area contributed by atoms with Crippen molar-refractivity contribution in [3.05, 3.63) is 52.2 Å². The van der Waals surface area contributed by atoms with Gasteiger partial charge in [-0.3, -0.25) is 4.90 Å². The molecule has 1 unspecified atom stereocenters. The number of piperazine rings is 1. The minimum absolute atomic E-state index is 0.0764. The Labute approximate surface area is 154 Å². The normalized spacial score (nSPS) is 18.3. The molecule has 1 N–H and O–H groups in total. The van der Waals surface area contributed by atoms with Gasteiger partial charge in [-0.1, -0.05) is 24.3 Å². The molecule has 1 atom stereocenters. The van der Waals surface area contributed by atoms with Crippen LogP contribution in [0.5, 0.6) is 0 Å². The predicted molar refractivity (Wildman–Crippen MR) is 102 cm³/mol. The van der Waals surface area contributed by atoms with Gasteiger partial charge in [-0.05, 0) is 37.0 Å². The Hall–Kier alpha value is -1.25. The molecule has 3 rings (SSSR count). The van der Waals surface area contributed by atoms with E-state index in [2.05, 4.69) is 27.6 Å². The molecule has 136 valence electrons. The summed E-state index contributed by atoms with van der Waals surface area (Å²) in [6, 6.07) is 11.3. The summed E-state index contributed by atoms with van der Waals surface area (Å²) in [5.41, 5.74) is 0.766. The zero-order chi connectivity index (χ0) is 17.9. The zero-order valence-corrected chi connectivity index (χ0v) is 16.3. The first-order valence-corrected chi connectivity index (χ1v) is 10.8. The van der Waals surface area contributed by atoms with E-state index in [0.29, 0.717) is 11.4 Å². The lowest BCUT2D eigenvalue weighted by atomic mass is 10.2. The molecule has 0 bridgehead atoms. The van der Waals surface area contributed by atoms with Crippen LogP contribution in [0.4, 0.5) is 0 Å².